The van der Waals surface area contributed by atoms with E-state index in [9.17, 15) is 9.59 Å². The van der Waals surface area contributed by atoms with E-state index in [2.05, 4.69) is 0 Å². The Morgan fingerprint density at radius 1 is 0.643 bits per heavy atom. The van der Waals surface area contributed by atoms with Crippen LogP contribution in [0.1, 0.15) is 77.0 Å². The van der Waals surface area contributed by atoms with Crippen molar-refractivity contribution < 1.29 is 28.5 Å². The highest BCUT2D eigenvalue weighted by Crippen LogP contribution is 2.40. The molecule has 0 aromatic heterocycles. The molecule has 28 heavy (non-hydrogen) atoms. The fourth-order valence-electron chi connectivity index (χ4n) is 4.73. The number of hydrogen-bond acceptors (Lipinski definition) is 6. The number of rotatable bonds is 11. The molecule has 0 aromatic carbocycles. The van der Waals surface area contributed by atoms with Gasteiger partial charge in [-0.15, -0.1) is 0 Å². The van der Waals surface area contributed by atoms with Gasteiger partial charge in [0.05, 0.1) is 37.6 Å². The molecule has 6 unspecified atom stereocenters. The number of epoxide rings is 2. The van der Waals surface area contributed by atoms with Crippen LogP contribution in [0.2, 0.25) is 0 Å². The Labute approximate surface area is 167 Å². The molecule has 0 spiro atoms. The van der Waals surface area contributed by atoms with E-state index in [1.54, 1.807) is 0 Å². The van der Waals surface area contributed by atoms with Crippen LogP contribution < -0.4 is 0 Å². The zero-order valence-electron chi connectivity index (χ0n) is 16.8. The van der Waals surface area contributed by atoms with Crippen LogP contribution in [0.15, 0.2) is 0 Å². The van der Waals surface area contributed by atoms with Gasteiger partial charge in [-0.1, -0.05) is 12.8 Å². The molecule has 0 amide bonds. The monoisotopic (exact) mass is 394 g/mol. The molecule has 2 saturated carbocycles. The van der Waals surface area contributed by atoms with Crippen LogP contribution in [0, 0.1) is 11.8 Å². The van der Waals surface area contributed by atoms with Gasteiger partial charge in [0.2, 0.25) is 0 Å². The molecule has 2 heterocycles. The summed E-state index contributed by atoms with van der Waals surface area (Å²) in [7, 11) is 0. The molecule has 4 rings (SSSR count). The van der Waals surface area contributed by atoms with E-state index >= 15 is 0 Å². The van der Waals surface area contributed by atoms with Crippen molar-refractivity contribution in [2.45, 2.75) is 101 Å². The second kappa shape index (κ2) is 9.57. The summed E-state index contributed by atoms with van der Waals surface area (Å²) in [6.45, 7) is 1.09. The van der Waals surface area contributed by atoms with Crippen molar-refractivity contribution in [3.8, 4) is 0 Å². The Hall–Kier alpha value is -1.14. The molecule has 0 N–H and O–H groups in total. The van der Waals surface area contributed by atoms with Crippen molar-refractivity contribution in [2.75, 3.05) is 13.2 Å². The number of fused-ring (bicyclic) bond motifs is 2. The molecule has 6 heteroatoms. The normalized spacial score (nSPS) is 35.4. The van der Waals surface area contributed by atoms with Crippen molar-refractivity contribution in [3.63, 3.8) is 0 Å². The van der Waals surface area contributed by atoms with Gasteiger partial charge in [-0.25, -0.2) is 0 Å². The summed E-state index contributed by atoms with van der Waals surface area (Å²) in [5.74, 6) is 0.774. The summed E-state index contributed by atoms with van der Waals surface area (Å²) in [6, 6.07) is 0. The fourth-order valence-corrected chi connectivity index (χ4v) is 4.73. The van der Waals surface area contributed by atoms with Crippen LogP contribution in [0.5, 0.6) is 0 Å². The van der Waals surface area contributed by atoms with Crippen LogP contribution in [-0.2, 0) is 28.5 Å². The summed E-state index contributed by atoms with van der Waals surface area (Å²) < 4.78 is 21.8. The number of hydrogen-bond donors (Lipinski definition) is 0. The molecule has 6 atom stereocenters. The first-order valence-electron chi connectivity index (χ1n) is 11.3. The highest BCUT2D eigenvalue weighted by Gasteiger charge is 2.44. The van der Waals surface area contributed by atoms with Gasteiger partial charge in [0, 0.05) is 12.8 Å². The Kier molecular flexibility index (Phi) is 6.89. The summed E-state index contributed by atoms with van der Waals surface area (Å²) in [4.78, 5) is 23.7. The van der Waals surface area contributed by atoms with Crippen molar-refractivity contribution in [1.82, 2.24) is 0 Å². The second-order valence-electron chi connectivity index (χ2n) is 9.06. The highest BCUT2D eigenvalue weighted by atomic mass is 16.6. The lowest BCUT2D eigenvalue weighted by Crippen LogP contribution is -2.20. The quantitative estimate of drug-likeness (QED) is 0.303. The minimum atomic E-state index is -0.0902. The number of unbranched alkanes of at least 4 members (excludes halogenated alkanes) is 3. The minimum absolute atomic E-state index is 0.0902. The van der Waals surface area contributed by atoms with E-state index in [0.29, 0.717) is 62.3 Å². The molecule has 2 aliphatic carbocycles. The molecule has 158 valence electrons. The van der Waals surface area contributed by atoms with E-state index in [4.69, 9.17) is 18.9 Å². The third-order valence-corrected chi connectivity index (χ3v) is 6.70. The molecule has 0 radical (unpaired) electrons. The van der Waals surface area contributed by atoms with Crippen molar-refractivity contribution in [2.24, 2.45) is 11.8 Å². The topological polar surface area (TPSA) is 77.7 Å². The summed E-state index contributed by atoms with van der Waals surface area (Å²) in [5.41, 5.74) is 0. The highest BCUT2D eigenvalue weighted by molar-refractivity contribution is 5.69. The largest absolute Gasteiger partial charge is 0.465 e. The second-order valence-corrected chi connectivity index (χ2v) is 9.06. The van der Waals surface area contributed by atoms with E-state index < -0.39 is 0 Å². The Morgan fingerprint density at radius 3 is 1.54 bits per heavy atom. The molecule has 4 aliphatic rings. The van der Waals surface area contributed by atoms with Crippen LogP contribution in [0.4, 0.5) is 0 Å². The maximum absolute atomic E-state index is 11.8. The standard InChI is InChI=1S/C22H34O6/c23-21(25-13-15-7-9-17-19(11-15)27-17)5-3-1-2-4-6-22(24)26-14-16-8-10-18-20(12-16)28-18/h15-20H,1-14H2. The van der Waals surface area contributed by atoms with E-state index in [1.165, 1.54) is 0 Å². The number of carbonyl (C=O) groups excluding carboxylic acids is 2. The van der Waals surface area contributed by atoms with Crippen LogP contribution in [0.25, 0.3) is 0 Å². The molecule has 0 bridgehead atoms. The zero-order valence-corrected chi connectivity index (χ0v) is 16.8. The van der Waals surface area contributed by atoms with E-state index in [1.807, 2.05) is 0 Å². The molecule has 0 aromatic rings. The minimum Gasteiger partial charge on any atom is -0.465 e. The summed E-state index contributed by atoms with van der Waals surface area (Å²) >= 11 is 0. The van der Waals surface area contributed by atoms with Crippen LogP contribution >= 0.6 is 0 Å². The van der Waals surface area contributed by atoms with Crippen molar-refractivity contribution >= 4 is 11.9 Å². The van der Waals surface area contributed by atoms with E-state index in [0.717, 1.165) is 64.2 Å². The van der Waals surface area contributed by atoms with Gasteiger partial charge in [0.25, 0.3) is 0 Å². The van der Waals surface area contributed by atoms with Gasteiger partial charge in [0.15, 0.2) is 0 Å². The maximum atomic E-state index is 11.8. The van der Waals surface area contributed by atoms with Crippen molar-refractivity contribution in [3.05, 3.63) is 0 Å². The Morgan fingerprint density at radius 2 is 1.11 bits per heavy atom. The molecule has 6 nitrogen and oxygen atoms in total. The third kappa shape index (κ3) is 6.18. The first kappa shape index (κ1) is 20.1. The lowest BCUT2D eigenvalue weighted by Gasteiger charge is -2.18. The maximum Gasteiger partial charge on any atom is 0.305 e. The molecule has 2 aliphatic heterocycles. The van der Waals surface area contributed by atoms with Gasteiger partial charge in [-0.05, 0) is 63.2 Å². The number of ether oxygens (including phenoxy) is 4. The van der Waals surface area contributed by atoms with Crippen molar-refractivity contribution in [1.29, 1.82) is 0 Å². The van der Waals surface area contributed by atoms with E-state index in [-0.39, 0.29) is 11.9 Å². The average Bonchev–Trinajstić information content (AvgIpc) is 3.60. The first-order chi connectivity index (χ1) is 13.7. The van der Waals surface area contributed by atoms with Gasteiger partial charge >= 0.3 is 11.9 Å². The molecule has 4 fully saturated rings. The molecular formula is C22H34O6. The van der Waals surface area contributed by atoms with Gasteiger partial charge in [-0.2, -0.15) is 0 Å². The van der Waals surface area contributed by atoms with Gasteiger partial charge < -0.3 is 18.9 Å². The number of carbonyl (C=O) groups is 2. The van der Waals surface area contributed by atoms with Gasteiger partial charge in [-0.3, -0.25) is 9.59 Å². The first-order valence-corrected chi connectivity index (χ1v) is 11.3. The Balaban J connectivity index is 0.944. The Bertz CT molecular complexity index is 501. The summed E-state index contributed by atoms with van der Waals surface area (Å²) in [6.07, 6.45) is 12.9. The average molecular weight is 395 g/mol. The molecular weight excluding hydrogens is 360 g/mol. The molecule has 2 saturated heterocycles. The number of esters is 2. The summed E-state index contributed by atoms with van der Waals surface area (Å²) in [5, 5.41) is 0. The lowest BCUT2D eigenvalue weighted by atomic mass is 9.90. The third-order valence-electron chi connectivity index (χ3n) is 6.70. The van der Waals surface area contributed by atoms with Crippen LogP contribution in [0.3, 0.4) is 0 Å². The predicted octanol–water partition coefficient (Wildman–Crippen LogP) is 3.55. The smallest absolute Gasteiger partial charge is 0.305 e. The van der Waals surface area contributed by atoms with Gasteiger partial charge in [0.1, 0.15) is 0 Å². The fraction of sp³-hybridized carbons (Fsp3) is 0.909. The predicted molar refractivity (Wildman–Crippen MR) is 102 cm³/mol. The van der Waals surface area contributed by atoms with Crippen LogP contribution in [-0.4, -0.2) is 49.6 Å². The zero-order chi connectivity index (χ0) is 19.3. The SMILES string of the molecule is O=C(CCCCCCC(=O)OCC1CCC2OC2C1)OCC1CCC2OC2C1. The lowest BCUT2D eigenvalue weighted by molar-refractivity contribution is -0.146.